The number of carbonyl (C=O) groups is 1. The van der Waals surface area contributed by atoms with Crippen molar-refractivity contribution < 1.29 is 48.1 Å². The first-order chi connectivity index (χ1) is 7.40. The molecule has 0 spiro atoms. The summed E-state index contributed by atoms with van der Waals surface area (Å²) in [4.78, 5) is 10.5. The van der Waals surface area contributed by atoms with Crippen LogP contribution in [0.25, 0.3) is 0 Å². The first-order valence-electron chi connectivity index (χ1n) is 3.72. The Morgan fingerprint density at radius 1 is 1.41 bits per heavy atom. The van der Waals surface area contributed by atoms with Crippen molar-refractivity contribution in [3.63, 3.8) is 0 Å². The molecule has 0 amide bonds. The number of hydrogen-bond donors (Lipinski definition) is 3. The van der Waals surface area contributed by atoms with Crippen LogP contribution < -0.4 is 28.2 Å². The molecule has 0 atom stereocenters. The molecule has 1 aromatic rings. The monoisotopic (exact) mass is 274 g/mol. The third kappa shape index (κ3) is 7.52. The van der Waals surface area contributed by atoms with Crippen LogP contribution in [0.4, 0.5) is 0 Å². The molecule has 10 heteroatoms. The summed E-state index contributed by atoms with van der Waals surface area (Å²) >= 11 is 10.6. The van der Waals surface area contributed by atoms with E-state index < -0.39 is 13.3 Å². The second kappa shape index (κ2) is 9.62. The van der Waals surface area contributed by atoms with Crippen molar-refractivity contribution in [2.45, 2.75) is 0 Å². The molecule has 0 radical (unpaired) electrons. The molecule has 88 valence electrons. The van der Waals surface area contributed by atoms with Crippen LogP contribution in [0.2, 0.25) is 5.02 Å². The van der Waals surface area contributed by atoms with Gasteiger partial charge < -0.3 is 24.5 Å². The summed E-state index contributed by atoms with van der Waals surface area (Å²) in [5.74, 6) is -1.17. The van der Waals surface area contributed by atoms with Crippen molar-refractivity contribution in [3.8, 4) is 5.75 Å². The maximum Gasteiger partial charge on any atom is 1.00 e. The number of para-hydroxylation sites is 1. The van der Waals surface area contributed by atoms with E-state index in [-0.39, 0.29) is 35.2 Å². The first kappa shape index (κ1) is 19.0. The largest absolute Gasteiger partial charge is 1.00 e. The Kier molecular flexibility index (Phi) is 10.7. The molecule has 0 heterocycles. The van der Waals surface area contributed by atoms with Crippen molar-refractivity contribution >= 4 is 36.8 Å². The smallest absolute Gasteiger partial charge is 0.832 e. The summed E-state index contributed by atoms with van der Waals surface area (Å²) in [5, 5.41) is 31.5. The fourth-order valence-electron chi connectivity index (χ4n) is 0.756. The van der Waals surface area contributed by atoms with Crippen LogP contribution in [-0.2, 0) is 0 Å². The zero-order valence-corrected chi connectivity index (χ0v) is 10.1. The summed E-state index contributed by atoms with van der Waals surface area (Å²) in [6.07, 6.45) is 0. The summed E-state index contributed by atoms with van der Waals surface area (Å²) in [5.41, 5.74) is -0.0579. The predicted octanol–water partition coefficient (Wildman–Crippen LogP) is -3.11. The molecule has 0 aliphatic heterocycles. The van der Waals surface area contributed by atoms with Crippen molar-refractivity contribution in [1.82, 2.24) is 0 Å². The van der Waals surface area contributed by atoms with E-state index in [9.17, 15) is 4.79 Å². The SMILES string of the molecule is O=C(O)c1cccc(Cl)c1OCl.[Li+].[O-]B(O)O. The number of halogens is 2. The molecule has 0 fully saturated rings. The molecule has 3 N–H and O–H groups in total. The van der Waals surface area contributed by atoms with Crippen LogP contribution in [0.5, 0.6) is 5.75 Å². The van der Waals surface area contributed by atoms with Gasteiger partial charge in [0.25, 0.3) is 0 Å². The zero-order valence-electron chi connectivity index (χ0n) is 8.63. The Morgan fingerprint density at radius 3 is 2.18 bits per heavy atom. The number of rotatable bonds is 2. The minimum absolute atomic E-state index is 0. The van der Waals surface area contributed by atoms with E-state index in [0.29, 0.717) is 0 Å². The zero-order chi connectivity index (χ0) is 12.7. The van der Waals surface area contributed by atoms with Gasteiger partial charge in [0.15, 0.2) is 5.75 Å². The standard InChI is InChI=1S/C7H4Cl2O3.BH2O3.Li/c8-5-3-1-2-4(7(10)11)6(5)12-9;2-1(3)4;/h1-3H,(H,10,11);2-3H;/q;-1;+1. The Hall–Kier alpha value is -0.388. The molecule has 0 saturated heterocycles. The molecule has 0 aliphatic carbocycles. The van der Waals surface area contributed by atoms with Gasteiger partial charge in [-0.1, -0.05) is 17.7 Å². The van der Waals surface area contributed by atoms with Crippen molar-refractivity contribution in [3.05, 3.63) is 28.8 Å². The summed E-state index contributed by atoms with van der Waals surface area (Å²) in [6, 6.07) is 4.35. The molecule has 0 aromatic heterocycles. The van der Waals surface area contributed by atoms with Gasteiger partial charge in [-0.25, -0.2) is 4.79 Å². The van der Waals surface area contributed by atoms with Gasteiger partial charge in [-0.15, -0.1) is 0 Å². The maximum absolute atomic E-state index is 10.5. The molecule has 0 aliphatic rings. The fourth-order valence-corrected chi connectivity index (χ4v) is 1.17. The Morgan fingerprint density at radius 2 is 1.88 bits per heavy atom. The van der Waals surface area contributed by atoms with Gasteiger partial charge in [0.2, 0.25) is 0 Å². The van der Waals surface area contributed by atoms with E-state index >= 15 is 0 Å². The van der Waals surface area contributed by atoms with Gasteiger partial charge in [-0.2, -0.15) is 0 Å². The van der Waals surface area contributed by atoms with E-state index in [1.165, 1.54) is 18.2 Å². The van der Waals surface area contributed by atoms with Gasteiger partial charge in [0.05, 0.1) is 5.02 Å². The van der Waals surface area contributed by atoms with Crippen LogP contribution >= 0.6 is 23.5 Å². The molecule has 1 aromatic carbocycles. The fraction of sp³-hybridized carbons (Fsp3) is 0. The normalized spacial score (nSPS) is 8.29. The van der Waals surface area contributed by atoms with Crippen LogP contribution in [0, 0.1) is 0 Å². The van der Waals surface area contributed by atoms with Crippen molar-refractivity contribution in [2.24, 2.45) is 0 Å². The van der Waals surface area contributed by atoms with Crippen LogP contribution in [0.15, 0.2) is 18.2 Å². The minimum atomic E-state index is -2.42. The topological polar surface area (TPSA) is 110 Å². The molecule has 1 rings (SSSR count). The molecular formula is C7H6BCl2LiO6. The number of aromatic carboxylic acids is 1. The first-order valence-corrected chi connectivity index (χ1v) is 4.41. The molecule has 17 heavy (non-hydrogen) atoms. The van der Waals surface area contributed by atoms with Crippen LogP contribution in [0.3, 0.4) is 0 Å². The van der Waals surface area contributed by atoms with Gasteiger partial charge in [0, 0.05) is 0 Å². The summed E-state index contributed by atoms with van der Waals surface area (Å²) in [7, 11) is -2.42. The quantitative estimate of drug-likeness (QED) is 0.493. The average molecular weight is 275 g/mol. The van der Waals surface area contributed by atoms with Crippen LogP contribution in [0.1, 0.15) is 10.4 Å². The third-order valence-corrected chi connectivity index (χ3v) is 1.73. The number of carboxylic acid groups (broad SMARTS) is 1. The molecule has 0 unspecified atom stereocenters. The molecule has 0 saturated carbocycles. The van der Waals surface area contributed by atoms with Gasteiger partial charge in [0.1, 0.15) is 17.4 Å². The molecule has 6 nitrogen and oxygen atoms in total. The molecule has 0 bridgehead atoms. The minimum Gasteiger partial charge on any atom is -0.832 e. The Labute approximate surface area is 119 Å². The third-order valence-electron chi connectivity index (χ3n) is 1.27. The van der Waals surface area contributed by atoms with Gasteiger partial charge in [-0.3, -0.25) is 0 Å². The Balaban J connectivity index is 0. The second-order valence-corrected chi connectivity index (χ2v) is 2.89. The van der Waals surface area contributed by atoms with Crippen molar-refractivity contribution in [2.75, 3.05) is 0 Å². The van der Waals surface area contributed by atoms with Crippen LogP contribution in [-0.4, -0.2) is 28.4 Å². The predicted molar refractivity (Wildman–Crippen MR) is 55.1 cm³/mol. The second-order valence-electron chi connectivity index (χ2n) is 2.33. The van der Waals surface area contributed by atoms with Gasteiger partial charge in [-0.05, 0) is 12.1 Å². The average Bonchev–Trinajstić information content (AvgIpc) is 2.16. The van der Waals surface area contributed by atoms with E-state index in [2.05, 4.69) is 4.29 Å². The summed E-state index contributed by atoms with van der Waals surface area (Å²) < 4.78 is 4.30. The maximum atomic E-state index is 10.5. The van der Waals surface area contributed by atoms with Crippen molar-refractivity contribution in [1.29, 1.82) is 0 Å². The van der Waals surface area contributed by atoms with E-state index in [0.717, 1.165) is 0 Å². The van der Waals surface area contributed by atoms with Gasteiger partial charge >= 0.3 is 32.2 Å². The summed E-state index contributed by atoms with van der Waals surface area (Å²) in [6.45, 7) is 0. The van der Waals surface area contributed by atoms with E-state index in [1.54, 1.807) is 0 Å². The van der Waals surface area contributed by atoms with E-state index in [4.69, 9.17) is 43.6 Å². The number of hydrogen-bond acceptors (Lipinski definition) is 5. The number of benzene rings is 1. The number of carboxylic acids is 1. The van der Waals surface area contributed by atoms with E-state index in [1.807, 2.05) is 0 Å². The molecular weight excluding hydrogens is 269 g/mol. The Bertz CT molecular complexity index is 361.